The summed E-state index contributed by atoms with van der Waals surface area (Å²) in [6.07, 6.45) is 1.82. The van der Waals surface area contributed by atoms with E-state index in [1.54, 1.807) is 50.6 Å². The first-order valence-electron chi connectivity index (χ1n) is 9.06. The van der Waals surface area contributed by atoms with Gasteiger partial charge in [0.05, 0.1) is 13.5 Å². The number of anilines is 1. The fourth-order valence-electron chi connectivity index (χ4n) is 3.20. The minimum Gasteiger partial charge on any atom is -0.497 e. The molecule has 0 radical (unpaired) electrons. The molecule has 0 atom stereocenters. The molecule has 1 N–H and O–H groups in total. The Morgan fingerprint density at radius 3 is 2.72 bits per heavy atom. The lowest BCUT2D eigenvalue weighted by atomic mass is 10.1. The van der Waals surface area contributed by atoms with E-state index < -0.39 is 0 Å². The topological polar surface area (TPSA) is 86.4 Å². The van der Waals surface area contributed by atoms with Crippen molar-refractivity contribution in [3.63, 3.8) is 0 Å². The monoisotopic (exact) mass is 389 g/mol. The molecular weight excluding hydrogens is 370 g/mol. The molecule has 1 amide bonds. The fraction of sp³-hybridized carbons (Fsp3) is 0.136. The zero-order valence-electron chi connectivity index (χ0n) is 16.0. The van der Waals surface area contributed by atoms with Crippen LogP contribution in [-0.4, -0.2) is 22.7 Å². The molecule has 146 valence electrons. The van der Waals surface area contributed by atoms with Gasteiger partial charge in [0.15, 0.2) is 5.82 Å². The molecule has 4 aromatic rings. The summed E-state index contributed by atoms with van der Waals surface area (Å²) < 4.78 is 11.7. The van der Waals surface area contributed by atoms with E-state index in [0.717, 1.165) is 5.56 Å². The van der Waals surface area contributed by atoms with Crippen LogP contribution in [0.5, 0.6) is 5.75 Å². The second-order valence-corrected chi connectivity index (χ2v) is 6.63. The molecule has 0 saturated heterocycles. The van der Waals surface area contributed by atoms with Crippen LogP contribution in [0.3, 0.4) is 0 Å². The third-order valence-electron chi connectivity index (χ3n) is 4.58. The number of nitrogens with one attached hydrogen (secondary N) is 1. The summed E-state index contributed by atoms with van der Waals surface area (Å²) in [6, 6.07) is 16.1. The minimum atomic E-state index is -0.236. The second kappa shape index (κ2) is 7.63. The number of amides is 1. The lowest BCUT2D eigenvalue weighted by Gasteiger charge is -2.10. The van der Waals surface area contributed by atoms with Gasteiger partial charge >= 0.3 is 0 Å². The van der Waals surface area contributed by atoms with Gasteiger partial charge in [0, 0.05) is 28.7 Å². The number of rotatable bonds is 5. The normalized spacial score (nSPS) is 10.8. The summed E-state index contributed by atoms with van der Waals surface area (Å²) in [5.74, 6) is 1.55. The largest absolute Gasteiger partial charge is 0.497 e. The number of carbonyl (C=O) groups is 1. The van der Waals surface area contributed by atoms with E-state index in [2.05, 4.69) is 10.5 Å². The smallest absolute Gasteiger partial charge is 0.264 e. The summed E-state index contributed by atoms with van der Waals surface area (Å²) in [6.45, 7) is 1.76. The van der Waals surface area contributed by atoms with Gasteiger partial charge in [-0.05, 0) is 42.8 Å². The Balaban J connectivity index is 1.63. The summed E-state index contributed by atoms with van der Waals surface area (Å²) in [7, 11) is 1.59. The van der Waals surface area contributed by atoms with Gasteiger partial charge in [-0.3, -0.25) is 14.2 Å². The number of hydrogen-bond donors (Lipinski definition) is 1. The molecule has 0 unspecified atom stereocenters. The highest BCUT2D eigenvalue weighted by Gasteiger charge is 2.12. The number of fused-ring (bicyclic) bond motifs is 1. The van der Waals surface area contributed by atoms with Gasteiger partial charge in [-0.25, -0.2) is 0 Å². The van der Waals surface area contributed by atoms with E-state index in [1.165, 1.54) is 4.57 Å². The predicted octanol–water partition coefficient (Wildman–Crippen LogP) is 3.48. The van der Waals surface area contributed by atoms with Crippen LogP contribution in [0.4, 0.5) is 5.69 Å². The van der Waals surface area contributed by atoms with Crippen LogP contribution >= 0.6 is 0 Å². The number of nitrogens with zero attached hydrogens (tertiary/aromatic N) is 2. The van der Waals surface area contributed by atoms with Crippen molar-refractivity contribution >= 4 is 22.4 Å². The van der Waals surface area contributed by atoms with Crippen LogP contribution in [-0.2, 0) is 11.2 Å². The number of aryl methyl sites for hydroxylation is 1. The van der Waals surface area contributed by atoms with Crippen molar-refractivity contribution in [3.8, 4) is 11.6 Å². The lowest BCUT2D eigenvalue weighted by molar-refractivity contribution is -0.115. The summed E-state index contributed by atoms with van der Waals surface area (Å²) in [4.78, 5) is 25.4. The molecule has 0 spiro atoms. The highest BCUT2D eigenvalue weighted by molar-refractivity contribution is 6.02. The summed E-state index contributed by atoms with van der Waals surface area (Å²) in [5, 5.41) is 7.93. The SMILES string of the molecule is COc1cccc(CC(=O)Nc2cccc3c(=O)n(-c4cc(C)on4)ccc23)c1. The van der Waals surface area contributed by atoms with Crippen molar-refractivity contribution in [2.24, 2.45) is 0 Å². The molecule has 0 fully saturated rings. The summed E-state index contributed by atoms with van der Waals surface area (Å²) >= 11 is 0. The minimum absolute atomic E-state index is 0.179. The first kappa shape index (κ1) is 18.5. The van der Waals surface area contributed by atoms with E-state index in [9.17, 15) is 9.59 Å². The van der Waals surface area contributed by atoms with Crippen LogP contribution in [0.15, 0.2) is 70.1 Å². The molecular formula is C22H19N3O4. The van der Waals surface area contributed by atoms with Crippen LogP contribution < -0.4 is 15.6 Å². The van der Waals surface area contributed by atoms with Crippen molar-refractivity contribution in [1.29, 1.82) is 0 Å². The Hall–Kier alpha value is -3.87. The molecule has 0 aliphatic carbocycles. The zero-order chi connectivity index (χ0) is 20.4. The molecule has 2 heterocycles. The highest BCUT2D eigenvalue weighted by atomic mass is 16.5. The number of methoxy groups -OCH3 is 1. The maximum absolute atomic E-state index is 12.9. The Labute approximate surface area is 166 Å². The molecule has 0 aliphatic rings. The maximum Gasteiger partial charge on any atom is 0.264 e. The van der Waals surface area contributed by atoms with Crippen LogP contribution in [0.25, 0.3) is 16.6 Å². The van der Waals surface area contributed by atoms with E-state index in [-0.39, 0.29) is 17.9 Å². The van der Waals surface area contributed by atoms with Crippen molar-refractivity contribution < 1.29 is 14.1 Å². The molecule has 0 bridgehead atoms. The average Bonchev–Trinajstić information content (AvgIpc) is 3.15. The third kappa shape index (κ3) is 3.75. The van der Waals surface area contributed by atoms with Gasteiger partial charge in [-0.1, -0.05) is 23.4 Å². The highest BCUT2D eigenvalue weighted by Crippen LogP contribution is 2.22. The van der Waals surface area contributed by atoms with Crippen molar-refractivity contribution in [3.05, 3.63) is 82.5 Å². The van der Waals surface area contributed by atoms with Crippen LogP contribution in [0.2, 0.25) is 0 Å². The predicted molar refractivity (Wildman–Crippen MR) is 110 cm³/mol. The van der Waals surface area contributed by atoms with Crippen molar-refractivity contribution in [2.45, 2.75) is 13.3 Å². The standard InChI is InChI=1S/C22H19N3O4/c1-14-11-20(24-29-14)25-10-9-17-18(22(25)27)7-4-8-19(17)23-21(26)13-15-5-3-6-16(12-15)28-2/h3-12H,13H2,1-2H3,(H,23,26). The van der Waals surface area contributed by atoms with Gasteiger partial charge in [0.2, 0.25) is 5.91 Å². The molecule has 0 aliphatic heterocycles. The molecule has 0 saturated carbocycles. The Bertz CT molecular complexity index is 1260. The van der Waals surface area contributed by atoms with E-state index >= 15 is 0 Å². The molecule has 2 aromatic carbocycles. The van der Waals surface area contributed by atoms with E-state index in [4.69, 9.17) is 9.26 Å². The number of benzene rings is 2. The van der Waals surface area contributed by atoms with Gasteiger partial charge in [-0.2, -0.15) is 0 Å². The molecule has 2 aromatic heterocycles. The zero-order valence-corrected chi connectivity index (χ0v) is 16.0. The van der Waals surface area contributed by atoms with Crippen LogP contribution in [0.1, 0.15) is 11.3 Å². The molecule has 4 rings (SSSR count). The summed E-state index contributed by atoms with van der Waals surface area (Å²) in [5.41, 5.74) is 1.18. The van der Waals surface area contributed by atoms with E-state index in [1.807, 2.05) is 24.3 Å². The number of ether oxygens (including phenoxy) is 1. The average molecular weight is 389 g/mol. The third-order valence-corrected chi connectivity index (χ3v) is 4.58. The Morgan fingerprint density at radius 2 is 1.97 bits per heavy atom. The van der Waals surface area contributed by atoms with Gasteiger partial charge in [0.1, 0.15) is 11.5 Å². The first-order valence-corrected chi connectivity index (χ1v) is 9.06. The quantitative estimate of drug-likeness (QED) is 0.565. The molecule has 7 nitrogen and oxygen atoms in total. The second-order valence-electron chi connectivity index (χ2n) is 6.63. The number of carbonyl (C=O) groups excluding carboxylic acids is 1. The van der Waals surface area contributed by atoms with Crippen molar-refractivity contribution in [1.82, 2.24) is 9.72 Å². The lowest BCUT2D eigenvalue weighted by Crippen LogP contribution is -2.19. The van der Waals surface area contributed by atoms with Gasteiger partial charge in [0.25, 0.3) is 5.56 Å². The molecule has 7 heteroatoms. The number of pyridine rings is 1. The fourth-order valence-corrected chi connectivity index (χ4v) is 3.20. The van der Waals surface area contributed by atoms with Crippen LogP contribution in [0, 0.1) is 6.92 Å². The van der Waals surface area contributed by atoms with Gasteiger partial charge < -0.3 is 14.6 Å². The number of hydrogen-bond acceptors (Lipinski definition) is 5. The Kier molecular flexibility index (Phi) is 4.87. The molecule has 29 heavy (non-hydrogen) atoms. The van der Waals surface area contributed by atoms with E-state index in [0.29, 0.717) is 33.8 Å². The van der Waals surface area contributed by atoms with Crippen molar-refractivity contribution in [2.75, 3.05) is 12.4 Å². The maximum atomic E-state index is 12.9. The first-order chi connectivity index (χ1) is 14.0. The number of aromatic nitrogens is 2. The Morgan fingerprint density at radius 1 is 1.14 bits per heavy atom. The van der Waals surface area contributed by atoms with Gasteiger partial charge in [-0.15, -0.1) is 0 Å².